The molecule has 0 aliphatic heterocycles. The monoisotopic (exact) mass is 330 g/mol. The number of hydrogen-bond acceptors (Lipinski definition) is 3. The number of aliphatic hydroxyl groups is 1. The van der Waals surface area contributed by atoms with E-state index in [-0.39, 0.29) is 28.9 Å². The minimum absolute atomic E-state index is 0.0623. The first-order valence-electron chi connectivity index (χ1n) is 5.27. The van der Waals surface area contributed by atoms with E-state index >= 15 is 0 Å². The SMILES string of the molecule is CN(CCCO)S(=O)(=O)Nc1cc(Cl)c(F)c(Cl)c1. The molecule has 5 nitrogen and oxygen atoms in total. The molecule has 0 amide bonds. The first-order chi connectivity index (χ1) is 8.77. The average molecular weight is 331 g/mol. The molecule has 0 unspecified atom stereocenters. The lowest BCUT2D eigenvalue weighted by Crippen LogP contribution is -2.33. The summed E-state index contributed by atoms with van der Waals surface area (Å²) in [7, 11) is -2.45. The van der Waals surface area contributed by atoms with E-state index in [1.807, 2.05) is 0 Å². The summed E-state index contributed by atoms with van der Waals surface area (Å²) in [5.74, 6) is -0.806. The summed E-state index contributed by atoms with van der Waals surface area (Å²) in [6.07, 6.45) is 0.308. The van der Waals surface area contributed by atoms with Gasteiger partial charge in [0.25, 0.3) is 0 Å². The average Bonchev–Trinajstić information content (AvgIpc) is 2.32. The fourth-order valence-electron chi connectivity index (χ4n) is 1.25. The summed E-state index contributed by atoms with van der Waals surface area (Å²) in [6.45, 7) is 0.0303. The third-order valence-corrected chi connectivity index (χ3v) is 4.32. The highest BCUT2D eigenvalue weighted by Crippen LogP contribution is 2.28. The highest BCUT2D eigenvalue weighted by molar-refractivity contribution is 7.90. The smallest absolute Gasteiger partial charge is 0.301 e. The van der Waals surface area contributed by atoms with Crippen LogP contribution >= 0.6 is 23.2 Å². The number of anilines is 1. The normalized spacial score (nSPS) is 11.9. The quantitative estimate of drug-likeness (QED) is 0.785. The predicted octanol–water partition coefficient (Wildman–Crippen LogP) is 2.10. The summed E-state index contributed by atoms with van der Waals surface area (Å²) in [5, 5.41) is 8.11. The molecular formula is C10H13Cl2FN2O3S. The van der Waals surface area contributed by atoms with Gasteiger partial charge in [-0.25, -0.2) is 4.39 Å². The fraction of sp³-hybridized carbons (Fsp3) is 0.400. The molecule has 0 radical (unpaired) electrons. The molecule has 1 aromatic rings. The van der Waals surface area contributed by atoms with E-state index in [0.717, 1.165) is 16.4 Å². The number of halogens is 3. The van der Waals surface area contributed by atoms with Crippen molar-refractivity contribution in [3.63, 3.8) is 0 Å². The first-order valence-corrected chi connectivity index (χ1v) is 7.47. The summed E-state index contributed by atoms with van der Waals surface area (Å²) < 4.78 is 40.2. The van der Waals surface area contributed by atoms with Gasteiger partial charge in [0.1, 0.15) is 0 Å². The molecule has 9 heteroatoms. The third-order valence-electron chi connectivity index (χ3n) is 2.27. The van der Waals surface area contributed by atoms with E-state index < -0.39 is 16.0 Å². The Bertz CT molecular complexity index is 531. The highest BCUT2D eigenvalue weighted by Gasteiger charge is 2.18. The Hall–Kier alpha value is -0.600. The van der Waals surface area contributed by atoms with Crippen LogP contribution in [0.5, 0.6) is 0 Å². The van der Waals surface area contributed by atoms with Crippen LogP contribution < -0.4 is 4.72 Å². The van der Waals surface area contributed by atoms with E-state index in [2.05, 4.69) is 4.72 Å². The van der Waals surface area contributed by atoms with Crippen LogP contribution in [-0.4, -0.2) is 38.0 Å². The van der Waals surface area contributed by atoms with Crippen LogP contribution in [0, 0.1) is 5.82 Å². The molecule has 0 heterocycles. The number of nitrogens with one attached hydrogen (secondary N) is 1. The van der Waals surface area contributed by atoms with Crippen molar-refractivity contribution in [3.8, 4) is 0 Å². The minimum Gasteiger partial charge on any atom is -0.396 e. The topological polar surface area (TPSA) is 69.6 Å². The van der Waals surface area contributed by atoms with E-state index in [4.69, 9.17) is 28.3 Å². The molecule has 0 bridgehead atoms. The lowest BCUT2D eigenvalue weighted by atomic mass is 10.3. The Morgan fingerprint density at radius 2 is 1.89 bits per heavy atom. The molecule has 0 fully saturated rings. The highest BCUT2D eigenvalue weighted by atomic mass is 35.5. The van der Waals surface area contributed by atoms with Crippen LogP contribution in [0.4, 0.5) is 10.1 Å². The summed E-state index contributed by atoms with van der Waals surface area (Å²) in [4.78, 5) is 0. The molecule has 19 heavy (non-hydrogen) atoms. The van der Waals surface area contributed by atoms with Gasteiger partial charge in [-0.1, -0.05) is 23.2 Å². The Kier molecular flexibility index (Phi) is 5.82. The molecule has 0 aliphatic rings. The standard InChI is InChI=1S/C10H13Cl2FN2O3S/c1-15(3-2-4-16)19(17,18)14-7-5-8(11)10(13)9(12)6-7/h5-6,14,16H,2-4H2,1H3. The molecule has 0 aliphatic carbocycles. The Morgan fingerprint density at radius 3 is 2.37 bits per heavy atom. The van der Waals surface area contributed by atoms with E-state index in [0.29, 0.717) is 6.42 Å². The van der Waals surface area contributed by atoms with Crippen molar-refractivity contribution in [2.24, 2.45) is 0 Å². The Morgan fingerprint density at radius 1 is 1.37 bits per heavy atom. The van der Waals surface area contributed by atoms with Crippen molar-refractivity contribution >= 4 is 39.1 Å². The second kappa shape index (κ2) is 6.71. The molecular weight excluding hydrogens is 318 g/mol. The number of aliphatic hydroxyl groups excluding tert-OH is 1. The van der Waals surface area contributed by atoms with Gasteiger partial charge in [0, 0.05) is 20.2 Å². The minimum atomic E-state index is -3.80. The number of nitrogens with zero attached hydrogens (tertiary/aromatic N) is 1. The van der Waals surface area contributed by atoms with Crippen LogP contribution in [-0.2, 0) is 10.2 Å². The van der Waals surface area contributed by atoms with Gasteiger partial charge in [0.15, 0.2) is 5.82 Å². The predicted molar refractivity (Wildman–Crippen MR) is 73.3 cm³/mol. The van der Waals surface area contributed by atoms with E-state index in [9.17, 15) is 12.8 Å². The molecule has 1 aromatic carbocycles. The Labute approximate surface area is 121 Å². The van der Waals surface area contributed by atoms with Gasteiger partial charge in [-0.05, 0) is 18.6 Å². The first kappa shape index (κ1) is 16.5. The van der Waals surface area contributed by atoms with Crippen molar-refractivity contribution in [2.75, 3.05) is 24.9 Å². The summed E-state index contributed by atoms with van der Waals surface area (Å²) >= 11 is 11.1. The van der Waals surface area contributed by atoms with Crippen LogP contribution in [0.2, 0.25) is 10.0 Å². The van der Waals surface area contributed by atoms with Gasteiger partial charge < -0.3 is 5.11 Å². The van der Waals surface area contributed by atoms with Crippen LogP contribution in [0.1, 0.15) is 6.42 Å². The van der Waals surface area contributed by atoms with Gasteiger partial charge >= 0.3 is 10.2 Å². The lowest BCUT2D eigenvalue weighted by molar-refractivity contribution is 0.276. The number of benzene rings is 1. The zero-order chi connectivity index (χ0) is 14.6. The van der Waals surface area contributed by atoms with Crippen molar-refractivity contribution in [2.45, 2.75) is 6.42 Å². The molecule has 0 saturated heterocycles. The largest absolute Gasteiger partial charge is 0.396 e. The van der Waals surface area contributed by atoms with E-state index in [1.54, 1.807) is 0 Å². The van der Waals surface area contributed by atoms with Gasteiger partial charge in [0.2, 0.25) is 0 Å². The second-order valence-electron chi connectivity index (χ2n) is 3.76. The van der Waals surface area contributed by atoms with Gasteiger partial charge in [0.05, 0.1) is 15.7 Å². The zero-order valence-electron chi connectivity index (χ0n) is 10.0. The van der Waals surface area contributed by atoms with Crippen LogP contribution in [0.15, 0.2) is 12.1 Å². The van der Waals surface area contributed by atoms with E-state index in [1.165, 1.54) is 7.05 Å². The maximum atomic E-state index is 13.2. The third kappa shape index (κ3) is 4.47. The molecule has 108 valence electrons. The molecule has 1 rings (SSSR count). The van der Waals surface area contributed by atoms with Crippen molar-refractivity contribution in [1.82, 2.24) is 4.31 Å². The van der Waals surface area contributed by atoms with Crippen molar-refractivity contribution in [3.05, 3.63) is 28.0 Å². The lowest BCUT2D eigenvalue weighted by Gasteiger charge is -2.18. The number of hydrogen-bond donors (Lipinski definition) is 2. The number of rotatable bonds is 6. The molecule has 2 N–H and O–H groups in total. The molecule has 0 spiro atoms. The maximum absolute atomic E-state index is 13.2. The van der Waals surface area contributed by atoms with Gasteiger partial charge in [-0.15, -0.1) is 0 Å². The Balaban J connectivity index is 2.89. The maximum Gasteiger partial charge on any atom is 0.301 e. The van der Waals surface area contributed by atoms with Crippen LogP contribution in [0.25, 0.3) is 0 Å². The molecule has 0 atom stereocenters. The zero-order valence-corrected chi connectivity index (χ0v) is 12.4. The molecule has 0 aromatic heterocycles. The van der Waals surface area contributed by atoms with Gasteiger partial charge in [-0.2, -0.15) is 12.7 Å². The summed E-state index contributed by atoms with van der Waals surface area (Å²) in [5.41, 5.74) is 0.0623. The fourth-order valence-corrected chi connectivity index (χ4v) is 2.68. The van der Waals surface area contributed by atoms with Crippen molar-refractivity contribution < 1.29 is 17.9 Å². The van der Waals surface area contributed by atoms with Crippen LogP contribution in [0.3, 0.4) is 0 Å². The second-order valence-corrected chi connectivity index (χ2v) is 6.35. The molecule has 0 saturated carbocycles. The van der Waals surface area contributed by atoms with Crippen molar-refractivity contribution in [1.29, 1.82) is 0 Å². The summed E-state index contributed by atoms with van der Waals surface area (Å²) in [6, 6.07) is 2.25. The van der Waals surface area contributed by atoms with Gasteiger partial charge in [-0.3, -0.25) is 4.72 Å².